The van der Waals surface area contributed by atoms with Crippen LogP contribution in [0.25, 0.3) is 76.1 Å². The second kappa shape index (κ2) is 16.8. The maximum Gasteiger partial charge on any atom is 0.147 e. The molecular weight excluding hydrogens is 865 g/mol. The first-order valence-corrected chi connectivity index (χ1v) is 22.7. The Labute approximate surface area is 401 Å². The van der Waals surface area contributed by atoms with E-state index in [0.717, 1.165) is 65.0 Å². The van der Waals surface area contributed by atoms with Crippen LogP contribution in [0, 0.1) is 45.6 Å². The smallest absolute Gasteiger partial charge is 0.147 e. The maximum absolute atomic E-state index is 17.1. The van der Waals surface area contributed by atoms with Crippen molar-refractivity contribution in [3.05, 3.63) is 241 Å². The lowest BCUT2D eigenvalue weighted by Crippen LogP contribution is -2.14. The van der Waals surface area contributed by atoms with Gasteiger partial charge < -0.3 is 9.80 Å². The van der Waals surface area contributed by atoms with E-state index in [4.69, 9.17) is 0 Å². The Hall–Kier alpha value is -9.87. The van der Waals surface area contributed by atoms with Crippen LogP contribution >= 0.6 is 0 Å². The van der Waals surface area contributed by atoms with Gasteiger partial charge in [0, 0.05) is 16.3 Å². The quantitative estimate of drug-likeness (QED) is 0.142. The highest BCUT2D eigenvalue weighted by molar-refractivity contribution is 6.28. The van der Waals surface area contributed by atoms with Crippen molar-refractivity contribution in [2.75, 3.05) is 9.80 Å². The first kappa shape index (κ1) is 41.6. The number of nitrogens with zero attached hydrogens (tertiary/aromatic N) is 5. The summed E-state index contributed by atoms with van der Waals surface area (Å²) >= 11 is 0. The van der Waals surface area contributed by atoms with Gasteiger partial charge in [0.2, 0.25) is 0 Å². The van der Waals surface area contributed by atoms with Crippen molar-refractivity contribution >= 4 is 88.0 Å². The molecule has 0 unspecified atom stereocenters. The van der Waals surface area contributed by atoms with Crippen LogP contribution in [0.15, 0.2) is 212 Å². The number of halogens is 2. The Morgan fingerprint density at radius 3 is 1.33 bits per heavy atom. The minimum atomic E-state index is -0.458. The van der Waals surface area contributed by atoms with Gasteiger partial charge in [-0.15, -0.1) is 0 Å². The van der Waals surface area contributed by atoms with E-state index in [-0.39, 0.29) is 11.3 Å². The van der Waals surface area contributed by atoms with E-state index in [1.165, 1.54) is 6.07 Å². The molecule has 7 heteroatoms. The molecule has 12 rings (SSSR count). The van der Waals surface area contributed by atoms with Gasteiger partial charge in [-0.25, -0.2) is 8.78 Å². The summed E-state index contributed by atoms with van der Waals surface area (Å²) in [6, 6.07) is 73.5. The standard InChI is InChI=1S/C63H35F2N5/c64-54-34-44-12-4-3-11-43(44)33-53(54)47-24-27-58(50(32-47)38-68)69(56-15-7-5-13-48(56)36-66)59-28-21-40-20-26-52-60(29-22-41-19-25-51(59)62(40)63(41)52)70(57-16-8-6-14-49(57)37-67)61-30-23-46(35-55(61)65)45-18-17-39-9-1-2-10-42(39)31-45/h1-35H. The first-order chi connectivity index (χ1) is 34.4. The number of benzene rings is 12. The number of hydrogen-bond donors (Lipinski definition) is 0. The molecule has 12 aromatic rings. The number of nitriles is 3. The molecule has 5 nitrogen and oxygen atoms in total. The van der Waals surface area contributed by atoms with Gasteiger partial charge in [-0.2, -0.15) is 15.8 Å². The lowest BCUT2D eigenvalue weighted by atomic mass is 9.91. The molecular formula is C63H35F2N5. The van der Waals surface area contributed by atoms with Crippen LogP contribution in [-0.4, -0.2) is 0 Å². The zero-order valence-electron chi connectivity index (χ0n) is 37.2. The molecule has 12 aromatic carbocycles. The molecule has 0 aliphatic rings. The van der Waals surface area contributed by atoms with Crippen molar-refractivity contribution in [2.24, 2.45) is 0 Å². The predicted octanol–water partition coefficient (Wildman–Crippen LogP) is 17.1. The molecule has 0 aliphatic heterocycles. The van der Waals surface area contributed by atoms with E-state index in [1.54, 1.807) is 48.5 Å². The highest BCUT2D eigenvalue weighted by atomic mass is 19.1. The van der Waals surface area contributed by atoms with Gasteiger partial charge in [0.25, 0.3) is 0 Å². The molecule has 0 atom stereocenters. The van der Waals surface area contributed by atoms with E-state index in [1.807, 2.05) is 143 Å². The van der Waals surface area contributed by atoms with Crippen LogP contribution in [0.4, 0.5) is 42.9 Å². The molecule has 70 heavy (non-hydrogen) atoms. The highest BCUT2D eigenvalue weighted by Gasteiger charge is 2.26. The minimum absolute atomic E-state index is 0.276. The van der Waals surface area contributed by atoms with Crippen molar-refractivity contribution in [3.63, 3.8) is 0 Å². The molecule has 0 aliphatic carbocycles. The number of fused-ring (bicyclic) bond motifs is 2. The van der Waals surface area contributed by atoms with Gasteiger partial charge in [0.15, 0.2) is 0 Å². The summed E-state index contributed by atoms with van der Waals surface area (Å²) in [4.78, 5) is 3.77. The van der Waals surface area contributed by atoms with Crippen LogP contribution in [0.1, 0.15) is 16.7 Å². The van der Waals surface area contributed by atoms with Crippen LogP contribution in [0.2, 0.25) is 0 Å². The van der Waals surface area contributed by atoms with Gasteiger partial charge in [-0.1, -0.05) is 133 Å². The summed E-state index contributed by atoms with van der Waals surface area (Å²) in [5.74, 6) is -0.857. The number of hydrogen-bond acceptors (Lipinski definition) is 5. The molecule has 0 spiro atoms. The van der Waals surface area contributed by atoms with E-state index < -0.39 is 11.6 Å². The molecule has 0 saturated carbocycles. The second-order valence-electron chi connectivity index (χ2n) is 17.3. The Bertz CT molecular complexity index is 4230. The Morgan fingerprint density at radius 1 is 0.300 bits per heavy atom. The van der Waals surface area contributed by atoms with E-state index >= 15 is 8.78 Å². The maximum atomic E-state index is 17.1. The molecule has 0 aromatic heterocycles. The molecule has 0 saturated heterocycles. The number of rotatable bonds is 8. The third kappa shape index (κ3) is 6.79. The largest absolute Gasteiger partial charge is 0.307 e. The number of para-hydroxylation sites is 2. The van der Waals surface area contributed by atoms with Crippen LogP contribution < -0.4 is 9.80 Å². The van der Waals surface area contributed by atoms with Crippen LogP contribution in [-0.2, 0) is 0 Å². The van der Waals surface area contributed by atoms with Crippen molar-refractivity contribution < 1.29 is 8.78 Å². The summed E-state index contributed by atoms with van der Waals surface area (Å²) in [6.07, 6.45) is 0. The Kier molecular flexibility index (Phi) is 9.96. The predicted molar refractivity (Wildman–Crippen MR) is 279 cm³/mol. The SMILES string of the molecule is N#Cc1ccccc1N(c1ccc(-c2ccc3ccccc3c2)cc1F)c1ccc2ccc3c(N(c4ccccc4C#N)c4ccc(-c5cc6ccccc6cc5F)cc4C#N)ccc4ccc1c2c43. The van der Waals surface area contributed by atoms with E-state index in [0.29, 0.717) is 50.7 Å². The molecule has 0 amide bonds. The molecule has 0 radical (unpaired) electrons. The fourth-order valence-electron chi connectivity index (χ4n) is 10.1. The lowest BCUT2D eigenvalue weighted by Gasteiger charge is -2.30. The van der Waals surface area contributed by atoms with E-state index in [9.17, 15) is 15.8 Å². The van der Waals surface area contributed by atoms with Gasteiger partial charge in [0.05, 0.1) is 50.8 Å². The summed E-state index contributed by atoms with van der Waals surface area (Å²) in [5, 5.41) is 41.1. The number of anilines is 6. The first-order valence-electron chi connectivity index (χ1n) is 22.7. The zero-order valence-corrected chi connectivity index (χ0v) is 37.2. The van der Waals surface area contributed by atoms with Gasteiger partial charge >= 0.3 is 0 Å². The minimum Gasteiger partial charge on any atom is -0.307 e. The average Bonchev–Trinajstić information content (AvgIpc) is 3.41. The monoisotopic (exact) mass is 899 g/mol. The summed E-state index contributed by atoms with van der Waals surface area (Å²) in [7, 11) is 0. The lowest BCUT2D eigenvalue weighted by molar-refractivity contribution is 0.629. The van der Waals surface area contributed by atoms with Gasteiger partial charge in [-0.3, -0.25) is 0 Å². The molecule has 0 bridgehead atoms. The highest BCUT2D eigenvalue weighted by Crippen LogP contribution is 2.49. The third-order valence-corrected chi connectivity index (χ3v) is 13.4. The third-order valence-electron chi connectivity index (χ3n) is 13.4. The average molecular weight is 900 g/mol. The van der Waals surface area contributed by atoms with E-state index in [2.05, 4.69) is 42.5 Å². The fourth-order valence-corrected chi connectivity index (χ4v) is 10.1. The van der Waals surface area contributed by atoms with Crippen molar-refractivity contribution in [3.8, 4) is 40.5 Å². The topological polar surface area (TPSA) is 77.8 Å². The van der Waals surface area contributed by atoms with Gasteiger partial charge in [-0.05, 0) is 139 Å². The van der Waals surface area contributed by atoms with Crippen LogP contribution in [0.5, 0.6) is 0 Å². The molecule has 0 N–H and O–H groups in total. The summed E-state index contributed by atoms with van der Waals surface area (Å²) < 4.78 is 32.9. The molecule has 0 heterocycles. The fraction of sp³-hybridized carbons (Fsp3) is 0. The zero-order chi connectivity index (χ0) is 47.5. The summed E-state index contributed by atoms with van der Waals surface area (Å²) in [5.41, 5.74) is 6.82. The summed E-state index contributed by atoms with van der Waals surface area (Å²) in [6.45, 7) is 0. The van der Waals surface area contributed by atoms with Crippen LogP contribution in [0.3, 0.4) is 0 Å². The van der Waals surface area contributed by atoms with Crippen molar-refractivity contribution in [1.29, 1.82) is 15.8 Å². The van der Waals surface area contributed by atoms with Crippen molar-refractivity contribution in [1.82, 2.24) is 0 Å². The van der Waals surface area contributed by atoms with Gasteiger partial charge in [0.1, 0.15) is 29.8 Å². The normalized spacial score (nSPS) is 11.2. The molecule has 326 valence electrons. The Balaban J connectivity index is 1.06. The van der Waals surface area contributed by atoms with Crippen molar-refractivity contribution in [2.45, 2.75) is 0 Å². The molecule has 0 fully saturated rings. The Morgan fingerprint density at radius 2 is 0.729 bits per heavy atom. The second-order valence-corrected chi connectivity index (χ2v) is 17.3.